The van der Waals surface area contributed by atoms with Crippen LogP contribution in [0.2, 0.25) is 0 Å². The smallest absolute Gasteiger partial charge is 0.0952 e. The van der Waals surface area contributed by atoms with Crippen LogP contribution in [0.1, 0.15) is 17.2 Å². The first-order valence-corrected chi connectivity index (χ1v) is 8.12. The number of morpholine rings is 1. The van der Waals surface area contributed by atoms with Gasteiger partial charge in [-0.05, 0) is 23.3 Å². The van der Waals surface area contributed by atoms with E-state index in [4.69, 9.17) is 4.74 Å². The van der Waals surface area contributed by atoms with Crippen LogP contribution in [0.5, 0.6) is 0 Å². The van der Waals surface area contributed by atoms with Gasteiger partial charge in [0.25, 0.3) is 0 Å². The van der Waals surface area contributed by atoms with Crippen LogP contribution in [0, 0.1) is 0 Å². The van der Waals surface area contributed by atoms with Gasteiger partial charge in [0.2, 0.25) is 0 Å². The van der Waals surface area contributed by atoms with E-state index >= 15 is 0 Å². The van der Waals surface area contributed by atoms with Gasteiger partial charge in [0.1, 0.15) is 0 Å². The van der Waals surface area contributed by atoms with E-state index in [1.54, 1.807) is 0 Å². The SMILES string of the molecule is c1ccc(C2CN(Cc3ccnc4ccccc34)CCO2)cc1. The fraction of sp³-hybridized carbons (Fsp3) is 0.250. The Balaban J connectivity index is 1.54. The fourth-order valence-electron chi connectivity index (χ4n) is 3.25. The van der Waals surface area contributed by atoms with Crippen molar-refractivity contribution in [2.45, 2.75) is 12.6 Å². The van der Waals surface area contributed by atoms with Crippen LogP contribution >= 0.6 is 0 Å². The Labute approximate surface area is 136 Å². The van der Waals surface area contributed by atoms with Crippen molar-refractivity contribution >= 4 is 10.9 Å². The summed E-state index contributed by atoms with van der Waals surface area (Å²) < 4.78 is 5.97. The van der Waals surface area contributed by atoms with Gasteiger partial charge in [0.05, 0.1) is 18.2 Å². The zero-order valence-corrected chi connectivity index (χ0v) is 13.1. The van der Waals surface area contributed by atoms with Gasteiger partial charge in [-0.15, -0.1) is 0 Å². The molecule has 4 rings (SSSR count). The van der Waals surface area contributed by atoms with E-state index in [0.717, 1.165) is 31.8 Å². The summed E-state index contributed by atoms with van der Waals surface area (Å²) in [6.45, 7) is 3.62. The molecular weight excluding hydrogens is 284 g/mol. The number of para-hydroxylation sites is 1. The number of pyridine rings is 1. The predicted molar refractivity (Wildman–Crippen MR) is 92.2 cm³/mol. The number of aromatic nitrogens is 1. The van der Waals surface area contributed by atoms with Crippen LogP contribution in [0.25, 0.3) is 10.9 Å². The number of fused-ring (bicyclic) bond motifs is 1. The molecule has 1 fully saturated rings. The van der Waals surface area contributed by atoms with E-state index in [9.17, 15) is 0 Å². The molecule has 0 spiro atoms. The molecule has 1 saturated heterocycles. The van der Waals surface area contributed by atoms with Crippen LogP contribution in [0.4, 0.5) is 0 Å². The second-order valence-electron chi connectivity index (χ2n) is 5.99. The zero-order chi connectivity index (χ0) is 15.5. The van der Waals surface area contributed by atoms with Crippen molar-refractivity contribution in [1.29, 1.82) is 0 Å². The van der Waals surface area contributed by atoms with Crippen molar-refractivity contribution in [1.82, 2.24) is 9.88 Å². The maximum Gasteiger partial charge on any atom is 0.0952 e. The van der Waals surface area contributed by atoms with Crippen molar-refractivity contribution < 1.29 is 4.74 Å². The average Bonchev–Trinajstić information content (AvgIpc) is 2.63. The summed E-state index contributed by atoms with van der Waals surface area (Å²) in [6.07, 6.45) is 2.07. The molecule has 0 N–H and O–H groups in total. The third-order valence-corrected chi connectivity index (χ3v) is 4.46. The Kier molecular flexibility index (Phi) is 4.05. The summed E-state index contributed by atoms with van der Waals surface area (Å²) >= 11 is 0. The minimum Gasteiger partial charge on any atom is -0.371 e. The third kappa shape index (κ3) is 3.11. The summed E-state index contributed by atoms with van der Waals surface area (Å²) in [5.41, 5.74) is 3.67. The molecular formula is C20H20N2O. The Morgan fingerprint density at radius 1 is 1.00 bits per heavy atom. The lowest BCUT2D eigenvalue weighted by atomic mass is 10.1. The number of ether oxygens (including phenoxy) is 1. The Bertz CT molecular complexity index is 783. The number of nitrogens with zero attached hydrogens (tertiary/aromatic N) is 2. The second kappa shape index (κ2) is 6.49. The van der Waals surface area contributed by atoms with E-state index in [1.165, 1.54) is 16.5 Å². The standard InChI is InChI=1S/C20H20N2O/c1-2-6-16(7-3-1)20-15-22(12-13-23-20)14-17-10-11-21-19-9-5-4-8-18(17)19/h1-11,20H,12-15H2. The molecule has 3 aromatic rings. The van der Waals surface area contributed by atoms with Crippen LogP contribution in [-0.4, -0.2) is 29.6 Å². The van der Waals surface area contributed by atoms with E-state index in [1.807, 2.05) is 18.3 Å². The van der Waals surface area contributed by atoms with Crippen molar-refractivity contribution in [2.75, 3.05) is 19.7 Å². The van der Waals surface area contributed by atoms with E-state index in [2.05, 4.69) is 58.4 Å². The molecule has 23 heavy (non-hydrogen) atoms. The quantitative estimate of drug-likeness (QED) is 0.736. The second-order valence-corrected chi connectivity index (χ2v) is 5.99. The molecule has 0 amide bonds. The van der Waals surface area contributed by atoms with Crippen molar-refractivity contribution in [3.8, 4) is 0 Å². The molecule has 0 radical (unpaired) electrons. The maximum atomic E-state index is 5.97. The summed E-state index contributed by atoms with van der Waals surface area (Å²) in [6, 6.07) is 21.0. The Hall–Kier alpha value is -2.23. The minimum atomic E-state index is 0.165. The molecule has 1 aliphatic heterocycles. The van der Waals surface area contributed by atoms with Crippen LogP contribution in [0.15, 0.2) is 66.9 Å². The highest BCUT2D eigenvalue weighted by molar-refractivity contribution is 5.81. The average molecular weight is 304 g/mol. The van der Waals surface area contributed by atoms with E-state index < -0.39 is 0 Å². The van der Waals surface area contributed by atoms with E-state index in [0.29, 0.717) is 0 Å². The van der Waals surface area contributed by atoms with Crippen molar-refractivity contribution in [3.05, 3.63) is 78.0 Å². The highest BCUT2D eigenvalue weighted by Crippen LogP contribution is 2.24. The minimum absolute atomic E-state index is 0.165. The highest BCUT2D eigenvalue weighted by atomic mass is 16.5. The molecule has 1 unspecified atom stereocenters. The Morgan fingerprint density at radius 2 is 1.83 bits per heavy atom. The van der Waals surface area contributed by atoms with Crippen LogP contribution < -0.4 is 0 Å². The molecule has 3 heteroatoms. The summed E-state index contributed by atoms with van der Waals surface area (Å²) in [4.78, 5) is 6.93. The van der Waals surface area contributed by atoms with Crippen LogP contribution in [-0.2, 0) is 11.3 Å². The normalized spacial score (nSPS) is 19.0. The number of hydrogen-bond acceptors (Lipinski definition) is 3. The molecule has 0 saturated carbocycles. The predicted octanol–water partition coefficient (Wildman–Crippen LogP) is 3.81. The lowest BCUT2D eigenvalue weighted by Crippen LogP contribution is -2.37. The van der Waals surface area contributed by atoms with Gasteiger partial charge in [-0.2, -0.15) is 0 Å². The lowest BCUT2D eigenvalue weighted by Gasteiger charge is -2.33. The van der Waals surface area contributed by atoms with Gasteiger partial charge in [-0.3, -0.25) is 9.88 Å². The number of hydrogen-bond donors (Lipinski definition) is 0. The monoisotopic (exact) mass is 304 g/mol. The van der Waals surface area contributed by atoms with Gasteiger partial charge in [0.15, 0.2) is 0 Å². The highest BCUT2D eigenvalue weighted by Gasteiger charge is 2.22. The molecule has 0 bridgehead atoms. The lowest BCUT2D eigenvalue weighted by molar-refractivity contribution is -0.0328. The van der Waals surface area contributed by atoms with Crippen LogP contribution in [0.3, 0.4) is 0 Å². The van der Waals surface area contributed by atoms with Gasteiger partial charge in [-0.1, -0.05) is 48.5 Å². The van der Waals surface area contributed by atoms with Gasteiger partial charge in [0, 0.05) is 31.2 Å². The Morgan fingerprint density at radius 3 is 2.74 bits per heavy atom. The first-order chi connectivity index (χ1) is 11.4. The maximum absolute atomic E-state index is 5.97. The number of benzene rings is 2. The topological polar surface area (TPSA) is 25.4 Å². The molecule has 2 aromatic carbocycles. The summed E-state index contributed by atoms with van der Waals surface area (Å²) in [5, 5.41) is 1.25. The molecule has 116 valence electrons. The van der Waals surface area contributed by atoms with Gasteiger partial charge in [-0.25, -0.2) is 0 Å². The zero-order valence-electron chi connectivity index (χ0n) is 13.1. The first-order valence-electron chi connectivity index (χ1n) is 8.12. The van der Waals surface area contributed by atoms with E-state index in [-0.39, 0.29) is 6.10 Å². The van der Waals surface area contributed by atoms with Crippen molar-refractivity contribution in [3.63, 3.8) is 0 Å². The summed E-state index contributed by atoms with van der Waals surface area (Å²) in [7, 11) is 0. The van der Waals surface area contributed by atoms with Gasteiger partial charge >= 0.3 is 0 Å². The molecule has 2 heterocycles. The molecule has 0 aliphatic carbocycles. The fourth-order valence-corrected chi connectivity index (χ4v) is 3.25. The molecule has 1 atom stereocenters. The molecule has 1 aliphatic rings. The summed E-state index contributed by atoms with van der Waals surface area (Å²) in [5.74, 6) is 0. The molecule has 1 aromatic heterocycles. The van der Waals surface area contributed by atoms with Crippen molar-refractivity contribution in [2.24, 2.45) is 0 Å². The van der Waals surface area contributed by atoms with Gasteiger partial charge < -0.3 is 4.74 Å². The first kappa shape index (κ1) is 14.4. The third-order valence-electron chi connectivity index (χ3n) is 4.46. The largest absolute Gasteiger partial charge is 0.371 e. The molecule has 3 nitrogen and oxygen atoms in total. The number of rotatable bonds is 3.